The molecule has 27 heavy (non-hydrogen) atoms. The van der Waals surface area contributed by atoms with Crippen molar-refractivity contribution in [1.29, 1.82) is 0 Å². The van der Waals surface area contributed by atoms with Crippen LogP contribution < -0.4 is 9.47 Å². The molecule has 0 radical (unpaired) electrons. The van der Waals surface area contributed by atoms with Crippen LogP contribution in [0.1, 0.15) is 69.9 Å². The van der Waals surface area contributed by atoms with E-state index in [-0.39, 0.29) is 5.97 Å². The lowest BCUT2D eigenvalue weighted by Crippen LogP contribution is -2.44. The van der Waals surface area contributed by atoms with E-state index in [0.29, 0.717) is 35.9 Å². The Labute approximate surface area is 162 Å². The summed E-state index contributed by atoms with van der Waals surface area (Å²) in [4.78, 5) is 11.8. The molecule has 0 heterocycles. The molecular formula is C23H32O4. The fourth-order valence-corrected chi connectivity index (χ4v) is 6.48. The third-order valence-electron chi connectivity index (χ3n) is 7.52. The second-order valence-corrected chi connectivity index (χ2v) is 8.78. The number of carbonyl (C=O) groups is 1. The van der Waals surface area contributed by atoms with Gasteiger partial charge in [-0.2, -0.15) is 0 Å². The lowest BCUT2D eigenvalue weighted by Gasteiger charge is -2.50. The zero-order valence-electron chi connectivity index (χ0n) is 17.0. The maximum Gasteiger partial charge on any atom is 0.308 e. The number of methoxy groups -OCH3 is 1. The molecule has 0 bridgehead atoms. The lowest BCUT2D eigenvalue weighted by atomic mass is 9.55. The minimum Gasteiger partial charge on any atom is -0.494 e. The first-order valence-corrected chi connectivity index (χ1v) is 10.5. The molecule has 0 saturated heterocycles. The Morgan fingerprint density at radius 3 is 2.74 bits per heavy atom. The molecule has 4 heteroatoms. The number of carbonyl (C=O) groups excluding carboxylic acids is 1. The van der Waals surface area contributed by atoms with Gasteiger partial charge in [-0.1, -0.05) is 6.92 Å². The van der Waals surface area contributed by atoms with E-state index in [9.17, 15) is 4.79 Å². The molecule has 1 aromatic rings. The van der Waals surface area contributed by atoms with Crippen molar-refractivity contribution in [3.63, 3.8) is 0 Å². The van der Waals surface area contributed by atoms with Crippen LogP contribution in [0.5, 0.6) is 11.5 Å². The van der Waals surface area contributed by atoms with Crippen LogP contribution in [-0.2, 0) is 16.0 Å². The van der Waals surface area contributed by atoms with Gasteiger partial charge in [0.1, 0.15) is 11.5 Å². The van der Waals surface area contributed by atoms with E-state index >= 15 is 0 Å². The summed E-state index contributed by atoms with van der Waals surface area (Å²) in [5.74, 6) is 3.12. The van der Waals surface area contributed by atoms with Crippen LogP contribution >= 0.6 is 0 Å². The van der Waals surface area contributed by atoms with Crippen molar-refractivity contribution >= 4 is 5.97 Å². The number of benzene rings is 1. The molecule has 5 atom stereocenters. The fraction of sp³-hybridized carbons (Fsp3) is 0.696. The second kappa shape index (κ2) is 7.12. The fourth-order valence-electron chi connectivity index (χ4n) is 6.48. The molecule has 0 aromatic heterocycles. The van der Waals surface area contributed by atoms with Gasteiger partial charge in [-0.3, -0.25) is 4.79 Å². The smallest absolute Gasteiger partial charge is 0.308 e. The van der Waals surface area contributed by atoms with E-state index in [1.165, 1.54) is 43.7 Å². The molecule has 148 valence electrons. The van der Waals surface area contributed by atoms with Crippen LogP contribution in [0.25, 0.3) is 0 Å². The molecule has 3 aliphatic rings. The van der Waals surface area contributed by atoms with Crippen LogP contribution in [0.2, 0.25) is 0 Å². The molecule has 4 rings (SSSR count). The topological polar surface area (TPSA) is 44.8 Å². The number of hydrogen-bond acceptors (Lipinski definition) is 4. The highest BCUT2D eigenvalue weighted by Crippen LogP contribution is 2.62. The molecule has 0 amide bonds. The summed E-state index contributed by atoms with van der Waals surface area (Å²) in [5, 5.41) is 0. The summed E-state index contributed by atoms with van der Waals surface area (Å²) in [6, 6.07) is 4.09. The summed E-state index contributed by atoms with van der Waals surface area (Å²) in [7, 11) is 1.87. The Kier molecular flexibility index (Phi) is 4.96. The Bertz CT molecular complexity index is 727. The number of aryl methyl sites for hydroxylation is 1. The Hall–Kier alpha value is -1.55. The number of esters is 1. The van der Waals surface area contributed by atoms with Crippen molar-refractivity contribution in [1.82, 2.24) is 0 Å². The first-order chi connectivity index (χ1) is 13.0. The van der Waals surface area contributed by atoms with Crippen molar-refractivity contribution in [3.8, 4) is 11.5 Å². The summed E-state index contributed by atoms with van der Waals surface area (Å²) in [6.45, 7) is 6.52. The third-order valence-corrected chi connectivity index (χ3v) is 7.52. The third kappa shape index (κ3) is 3.06. The van der Waals surface area contributed by atoms with Gasteiger partial charge in [-0.05, 0) is 80.2 Å². The van der Waals surface area contributed by atoms with Gasteiger partial charge in [0, 0.05) is 25.7 Å². The van der Waals surface area contributed by atoms with Crippen molar-refractivity contribution < 1.29 is 19.0 Å². The first kappa shape index (κ1) is 18.8. The highest BCUT2D eigenvalue weighted by molar-refractivity contribution is 5.70. The Morgan fingerprint density at radius 2 is 2.04 bits per heavy atom. The number of rotatable bonds is 4. The maximum atomic E-state index is 11.8. The molecule has 4 nitrogen and oxygen atoms in total. The van der Waals surface area contributed by atoms with Gasteiger partial charge < -0.3 is 14.2 Å². The molecule has 1 aromatic carbocycles. The standard InChI is InChI=1S/C23H32O4/c1-5-26-16-12-15-6-7-17-18(22(15)20(13-16)27-14(2)24)10-11-23(3)19(17)8-9-21(23)25-4/h12-13,17-19,21H,5-11H2,1-4H3/t17-,18+,19+,21?,23+/m1/s1. The predicted molar refractivity (Wildman–Crippen MR) is 104 cm³/mol. The van der Waals surface area contributed by atoms with Crippen LogP contribution in [0, 0.1) is 17.3 Å². The zero-order chi connectivity index (χ0) is 19.2. The summed E-state index contributed by atoms with van der Waals surface area (Å²) in [5.41, 5.74) is 2.87. The monoisotopic (exact) mass is 372 g/mol. The van der Waals surface area contributed by atoms with Gasteiger partial charge in [0.2, 0.25) is 0 Å². The molecule has 0 N–H and O–H groups in total. The van der Waals surface area contributed by atoms with Gasteiger partial charge >= 0.3 is 5.97 Å². The van der Waals surface area contributed by atoms with Gasteiger partial charge in [0.05, 0.1) is 12.7 Å². The van der Waals surface area contributed by atoms with Crippen molar-refractivity contribution in [3.05, 3.63) is 23.3 Å². The van der Waals surface area contributed by atoms with Gasteiger partial charge in [-0.15, -0.1) is 0 Å². The highest BCUT2D eigenvalue weighted by atomic mass is 16.5. The van der Waals surface area contributed by atoms with Gasteiger partial charge in [-0.25, -0.2) is 0 Å². The van der Waals surface area contributed by atoms with E-state index in [2.05, 4.69) is 13.0 Å². The van der Waals surface area contributed by atoms with Crippen LogP contribution in [0.4, 0.5) is 0 Å². The molecular weight excluding hydrogens is 340 g/mol. The number of fused-ring (bicyclic) bond motifs is 5. The van der Waals surface area contributed by atoms with Crippen molar-refractivity contribution in [2.24, 2.45) is 17.3 Å². The maximum absolute atomic E-state index is 11.8. The number of hydrogen-bond donors (Lipinski definition) is 0. The van der Waals surface area contributed by atoms with Crippen LogP contribution in [0.15, 0.2) is 12.1 Å². The predicted octanol–water partition coefficient (Wildman–Crippen LogP) is 4.88. The minimum absolute atomic E-state index is 0.256. The summed E-state index contributed by atoms with van der Waals surface area (Å²) in [6.07, 6.45) is 7.40. The first-order valence-electron chi connectivity index (χ1n) is 10.5. The van der Waals surface area contributed by atoms with Crippen molar-refractivity contribution in [2.45, 2.75) is 71.3 Å². The lowest BCUT2D eigenvalue weighted by molar-refractivity contribution is -0.132. The average Bonchev–Trinajstić information content (AvgIpc) is 2.97. The Balaban J connectivity index is 1.72. The number of ether oxygens (including phenoxy) is 3. The van der Waals surface area contributed by atoms with Crippen LogP contribution in [0.3, 0.4) is 0 Å². The highest BCUT2D eigenvalue weighted by Gasteiger charge is 2.55. The van der Waals surface area contributed by atoms with E-state index in [4.69, 9.17) is 14.2 Å². The molecule has 2 saturated carbocycles. The summed E-state index contributed by atoms with van der Waals surface area (Å²) < 4.78 is 17.3. The molecule has 0 spiro atoms. The molecule has 2 fully saturated rings. The minimum atomic E-state index is -0.256. The average molecular weight is 373 g/mol. The van der Waals surface area contributed by atoms with E-state index < -0.39 is 0 Å². The SMILES string of the molecule is CCOc1cc2c(c(OC(C)=O)c1)[C@H]1CC[C@]3(C)C(OC)CC[C@H]3[C@@H]1CC2. The van der Waals surface area contributed by atoms with Crippen LogP contribution in [-0.4, -0.2) is 25.8 Å². The van der Waals surface area contributed by atoms with E-state index in [0.717, 1.165) is 24.3 Å². The largest absolute Gasteiger partial charge is 0.494 e. The Morgan fingerprint density at radius 1 is 1.22 bits per heavy atom. The van der Waals surface area contributed by atoms with Gasteiger partial charge in [0.25, 0.3) is 0 Å². The van der Waals surface area contributed by atoms with E-state index in [1.54, 1.807) is 0 Å². The van der Waals surface area contributed by atoms with E-state index in [1.807, 2.05) is 20.1 Å². The normalized spacial score (nSPS) is 34.4. The zero-order valence-corrected chi connectivity index (χ0v) is 17.0. The van der Waals surface area contributed by atoms with Crippen molar-refractivity contribution in [2.75, 3.05) is 13.7 Å². The molecule has 3 aliphatic carbocycles. The molecule has 1 unspecified atom stereocenters. The molecule has 0 aliphatic heterocycles. The quantitative estimate of drug-likeness (QED) is 0.558. The summed E-state index contributed by atoms with van der Waals surface area (Å²) >= 11 is 0. The second-order valence-electron chi connectivity index (χ2n) is 8.78. The van der Waals surface area contributed by atoms with Gasteiger partial charge in [0.15, 0.2) is 0 Å².